The Morgan fingerprint density at radius 3 is 2.65 bits per heavy atom. The molecule has 188 valence electrons. The number of likely N-dealkylation sites (tertiary alicyclic amines) is 1. The van der Waals surface area contributed by atoms with Crippen LogP contribution in [0.25, 0.3) is 0 Å². The monoisotopic (exact) mass is 496 g/mol. The number of hydrogen-bond donors (Lipinski definition) is 3. The number of carbonyl (C=O) groups is 4. The number of carboxylic acid groups (broad SMARTS) is 1. The van der Waals surface area contributed by atoms with E-state index >= 15 is 0 Å². The maximum atomic E-state index is 13.4. The third kappa shape index (κ3) is 4.26. The number of nitrogens with two attached hydrogens (primary N) is 1. The van der Waals surface area contributed by atoms with E-state index in [9.17, 15) is 28.7 Å². The molecule has 4 rings (SSSR count). The summed E-state index contributed by atoms with van der Waals surface area (Å²) in [5.41, 5.74) is 5.95. The Hall–Kier alpha value is -1.98. The zero-order valence-corrected chi connectivity index (χ0v) is 20.5. The molecule has 9 nitrogen and oxygen atoms in total. The number of carbonyl (C=O) groups excluding carboxylic acids is 3. The van der Waals surface area contributed by atoms with Crippen molar-refractivity contribution in [1.29, 1.82) is 0 Å². The molecule has 0 saturated carbocycles. The van der Waals surface area contributed by atoms with Crippen molar-refractivity contribution in [2.45, 2.75) is 69.5 Å². The number of Topliss-reactive ketones (excluding diaryl/α,β-unsaturated/α-hetero) is 1. The fourth-order valence-electron chi connectivity index (χ4n) is 6.08. The van der Waals surface area contributed by atoms with E-state index in [1.807, 2.05) is 13.8 Å². The van der Waals surface area contributed by atoms with Crippen LogP contribution in [0.15, 0.2) is 10.6 Å². The number of nitrogens with one attached hydrogen (secondary N) is 1. The van der Waals surface area contributed by atoms with Crippen molar-refractivity contribution in [2.24, 2.45) is 23.5 Å². The molecule has 11 heteroatoms. The van der Waals surface area contributed by atoms with Crippen LogP contribution < -0.4 is 11.1 Å². The molecule has 4 aliphatic heterocycles. The largest absolute Gasteiger partial charge is 0.477 e. The molecule has 4 N–H and O–H groups in total. The van der Waals surface area contributed by atoms with E-state index in [1.54, 1.807) is 0 Å². The molecule has 0 bridgehead atoms. The van der Waals surface area contributed by atoms with Gasteiger partial charge in [0.15, 0.2) is 0 Å². The fourth-order valence-corrected chi connectivity index (χ4v) is 7.56. The van der Waals surface area contributed by atoms with Gasteiger partial charge in [-0.25, -0.2) is 9.18 Å². The van der Waals surface area contributed by atoms with Crippen LogP contribution >= 0.6 is 11.8 Å². The van der Waals surface area contributed by atoms with Gasteiger partial charge in [-0.2, -0.15) is 0 Å². The van der Waals surface area contributed by atoms with Gasteiger partial charge in [0.2, 0.25) is 11.8 Å². The summed E-state index contributed by atoms with van der Waals surface area (Å²) in [6.45, 7) is 5.52. The summed E-state index contributed by atoms with van der Waals surface area (Å²) in [6.07, 6.45) is 1.23. The quantitative estimate of drug-likeness (QED) is 0.419. The third-order valence-corrected chi connectivity index (χ3v) is 9.12. The average Bonchev–Trinajstić information content (AvgIpc) is 3.43. The maximum absolute atomic E-state index is 13.4. The first-order chi connectivity index (χ1) is 16.0. The van der Waals surface area contributed by atoms with Gasteiger partial charge in [-0.15, -0.1) is 11.8 Å². The number of amides is 2. The highest BCUT2D eigenvalue weighted by molar-refractivity contribution is 8.03. The van der Waals surface area contributed by atoms with E-state index in [2.05, 4.69) is 5.32 Å². The Bertz CT molecular complexity index is 929. The molecule has 4 aliphatic rings. The average molecular weight is 497 g/mol. The molecular weight excluding hydrogens is 463 g/mol. The van der Waals surface area contributed by atoms with Crippen LogP contribution in [0.1, 0.15) is 40.0 Å². The van der Waals surface area contributed by atoms with Gasteiger partial charge in [0.1, 0.15) is 18.2 Å². The highest BCUT2D eigenvalue weighted by Crippen LogP contribution is 2.53. The molecule has 0 radical (unpaired) electrons. The van der Waals surface area contributed by atoms with E-state index in [0.717, 1.165) is 0 Å². The second-order valence-corrected chi connectivity index (χ2v) is 11.5. The summed E-state index contributed by atoms with van der Waals surface area (Å²) in [5, 5.41) is 13.1. The van der Waals surface area contributed by atoms with Crippen LogP contribution in [0.4, 0.5) is 4.39 Å². The van der Waals surface area contributed by atoms with Crippen LogP contribution in [0.2, 0.25) is 0 Å². The third-order valence-electron chi connectivity index (χ3n) is 7.60. The Kier molecular flexibility index (Phi) is 7.08. The SMILES string of the molecule is CC(=O)C[C@H](C)[C@H]1C(=O)N2C(C(=O)O)=C(SC3CN[C@H](C(=O)N4C[C@@H](N)C[C@H]4CF)C3)[C@H](C)[C@H]12. The fraction of sp³-hybridized carbons (Fsp3) is 0.739. The number of nitrogens with zero attached hydrogens (tertiary/aromatic N) is 2. The zero-order valence-electron chi connectivity index (χ0n) is 19.7. The summed E-state index contributed by atoms with van der Waals surface area (Å²) >= 11 is 1.41. The molecule has 3 fully saturated rings. The van der Waals surface area contributed by atoms with Gasteiger partial charge in [0.25, 0.3) is 0 Å². The summed E-state index contributed by atoms with van der Waals surface area (Å²) in [5.74, 6) is -2.24. The highest BCUT2D eigenvalue weighted by atomic mass is 32.2. The van der Waals surface area contributed by atoms with Crippen molar-refractivity contribution in [3.63, 3.8) is 0 Å². The minimum Gasteiger partial charge on any atom is -0.477 e. The van der Waals surface area contributed by atoms with E-state index in [1.165, 1.54) is 28.5 Å². The maximum Gasteiger partial charge on any atom is 0.353 e. The number of rotatable bonds is 8. The topological polar surface area (TPSA) is 133 Å². The highest BCUT2D eigenvalue weighted by Gasteiger charge is 2.60. The number of alkyl halides is 1. The minimum absolute atomic E-state index is 0.00659. The first-order valence-electron chi connectivity index (χ1n) is 11.9. The number of fused-ring (bicyclic) bond motifs is 1. The number of hydrogen-bond acceptors (Lipinski definition) is 7. The second-order valence-electron chi connectivity index (χ2n) is 10.1. The number of β-lactam (4-membered cyclic amide) rings is 1. The smallest absolute Gasteiger partial charge is 0.353 e. The van der Waals surface area contributed by atoms with E-state index < -0.39 is 24.7 Å². The Labute approximate surface area is 202 Å². The van der Waals surface area contributed by atoms with Crippen LogP contribution in [0.5, 0.6) is 0 Å². The van der Waals surface area contributed by atoms with Gasteiger partial charge >= 0.3 is 5.97 Å². The number of aliphatic carboxylic acids is 1. The van der Waals surface area contributed by atoms with E-state index in [-0.39, 0.29) is 64.8 Å². The summed E-state index contributed by atoms with van der Waals surface area (Å²) in [4.78, 5) is 53.2. The summed E-state index contributed by atoms with van der Waals surface area (Å²) in [6, 6.07) is -1.45. The summed E-state index contributed by atoms with van der Waals surface area (Å²) < 4.78 is 13.4. The van der Waals surface area contributed by atoms with Gasteiger partial charge in [-0.1, -0.05) is 13.8 Å². The van der Waals surface area contributed by atoms with Crippen LogP contribution in [-0.2, 0) is 19.2 Å². The number of carboxylic acids is 1. The Morgan fingerprint density at radius 2 is 2.03 bits per heavy atom. The first kappa shape index (κ1) is 25.1. The van der Waals surface area contributed by atoms with Gasteiger partial charge in [-0.3, -0.25) is 9.59 Å². The molecule has 0 aromatic rings. The lowest BCUT2D eigenvalue weighted by molar-refractivity contribution is -0.160. The predicted octanol–water partition coefficient (Wildman–Crippen LogP) is 0.736. The van der Waals surface area contributed by atoms with Gasteiger partial charge in [-0.05, 0) is 25.7 Å². The number of halogens is 1. The van der Waals surface area contributed by atoms with E-state index in [4.69, 9.17) is 5.73 Å². The zero-order chi connectivity index (χ0) is 24.9. The molecule has 34 heavy (non-hydrogen) atoms. The predicted molar refractivity (Wildman–Crippen MR) is 124 cm³/mol. The minimum atomic E-state index is -1.14. The lowest BCUT2D eigenvalue weighted by atomic mass is 9.73. The van der Waals surface area contributed by atoms with Crippen LogP contribution in [0.3, 0.4) is 0 Å². The van der Waals surface area contributed by atoms with Gasteiger partial charge in [0, 0.05) is 41.6 Å². The first-order valence-corrected chi connectivity index (χ1v) is 12.7. The molecule has 2 amide bonds. The molecule has 1 unspecified atom stereocenters. The van der Waals surface area contributed by atoms with Crippen molar-refractivity contribution in [3.8, 4) is 0 Å². The number of ketones is 1. The van der Waals surface area contributed by atoms with Crippen molar-refractivity contribution in [1.82, 2.24) is 15.1 Å². The van der Waals surface area contributed by atoms with E-state index in [0.29, 0.717) is 30.8 Å². The standard InChI is InChI=1S/C23H33FN4O5S/c1-10(4-11(2)29)17-18-12(3)20(19(23(32)33)28(18)22(17)31)34-15-6-16(26-8-15)21(30)27-9-13(25)5-14(27)7-24/h10,12-18,26H,4-9,25H2,1-3H3,(H,32,33)/t10-,12+,13-,14-,15?,16-,17+,18+/m0/s1. The molecule has 0 aliphatic carbocycles. The normalized spacial score (nSPS) is 36.0. The molecule has 0 spiro atoms. The lowest BCUT2D eigenvalue weighted by Gasteiger charge is -2.47. The van der Waals surface area contributed by atoms with Crippen molar-refractivity contribution >= 4 is 35.3 Å². The number of thioether (sulfide) groups is 1. The Balaban J connectivity index is 1.45. The van der Waals surface area contributed by atoms with Crippen LogP contribution in [-0.4, -0.2) is 87.7 Å². The molecular formula is C23H33FN4O5S. The molecule has 0 aromatic carbocycles. The van der Waals surface area contributed by atoms with Crippen molar-refractivity contribution in [3.05, 3.63) is 10.6 Å². The van der Waals surface area contributed by atoms with Gasteiger partial charge in [0.05, 0.1) is 24.0 Å². The van der Waals surface area contributed by atoms with Crippen molar-refractivity contribution in [2.75, 3.05) is 19.8 Å². The molecule has 8 atom stereocenters. The summed E-state index contributed by atoms with van der Waals surface area (Å²) in [7, 11) is 0. The van der Waals surface area contributed by atoms with Crippen molar-refractivity contribution < 1.29 is 28.7 Å². The van der Waals surface area contributed by atoms with Gasteiger partial charge < -0.3 is 30.8 Å². The Morgan fingerprint density at radius 1 is 1.32 bits per heavy atom. The molecule has 0 aromatic heterocycles. The molecule has 4 heterocycles. The second kappa shape index (κ2) is 9.58. The van der Waals surface area contributed by atoms with Crippen LogP contribution in [0, 0.1) is 17.8 Å². The lowest BCUT2D eigenvalue weighted by Crippen LogP contribution is -2.62. The molecule has 3 saturated heterocycles.